The molecule has 0 radical (unpaired) electrons. The molecule has 132 valence electrons. The van der Waals surface area contributed by atoms with Crippen molar-refractivity contribution in [3.8, 4) is 5.75 Å². The predicted octanol–water partition coefficient (Wildman–Crippen LogP) is 3.04. The van der Waals surface area contributed by atoms with E-state index in [-0.39, 0.29) is 29.7 Å². The molecule has 0 unspecified atom stereocenters. The molecule has 0 bridgehead atoms. The largest absolute Gasteiger partial charge is 0.497 e. The Labute approximate surface area is 149 Å². The van der Waals surface area contributed by atoms with Crippen molar-refractivity contribution in [2.75, 3.05) is 25.5 Å². The molecule has 3 N–H and O–H groups in total. The number of carbonyl (C=O) groups excluding carboxylic acids is 2. The number of anilines is 1. The molecule has 0 aliphatic heterocycles. The van der Waals surface area contributed by atoms with Gasteiger partial charge in [-0.05, 0) is 36.4 Å². The van der Waals surface area contributed by atoms with Crippen LogP contribution in [0, 0.1) is 5.82 Å². The van der Waals surface area contributed by atoms with Crippen molar-refractivity contribution < 1.29 is 18.7 Å². The third-order valence-corrected chi connectivity index (χ3v) is 3.44. The van der Waals surface area contributed by atoms with Crippen LogP contribution in [0.15, 0.2) is 42.5 Å². The van der Waals surface area contributed by atoms with Gasteiger partial charge in [0.1, 0.15) is 11.6 Å². The molecule has 0 spiro atoms. The molecule has 3 amide bonds. The summed E-state index contributed by atoms with van der Waals surface area (Å²) < 4.78 is 18.6. The van der Waals surface area contributed by atoms with Crippen LogP contribution in [0.2, 0.25) is 5.02 Å². The lowest BCUT2D eigenvalue weighted by Gasteiger charge is -2.10. The lowest BCUT2D eigenvalue weighted by molar-refractivity contribution is 0.0953. The maximum atomic E-state index is 13.6. The first-order valence-corrected chi connectivity index (χ1v) is 7.79. The molecule has 2 aromatic carbocycles. The molecule has 8 heteroatoms. The van der Waals surface area contributed by atoms with Crippen LogP contribution in [0.4, 0.5) is 14.9 Å². The van der Waals surface area contributed by atoms with E-state index in [0.717, 1.165) is 6.07 Å². The SMILES string of the molecule is COc1cccc(C(=O)NCCNC(=O)Nc2ccc(Cl)cc2F)c1. The van der Waals surface area contributed by atoms with Crippen molar-refractivity contribution >= 4 is 29.2 Å². The first kappa shape index (κ1) is 18.5. The van der Waals surface area contributed by atoms with E-state index >= 15 is 0 Å². The average molecular weight is 366 g/mol. The fourth-order valence-corrected chi connectivity index (χ4v) is 2.13. The number of nitrogens with one attached hydrogen (secondary N) is 3. The van der Waals surface area contributed by atoms with Crippen LogP contribution in [0.5, 0.6) is 5.75 Å². The molecule has 0 aliphatic carbocycles. The minimum Gasteiger partial charge on any atom is -0.497 e. The van der Waals surface area contributed by atoms with E-state index in [1.807, 2.05) is 0 Å². The molecule has 0 atom stereocenters. The number of halogens is 2. The fraction of sp³-hybridized carbons (Fsp3) is 0.176. The van der Waals surface area contributed by atoms with Gasteiger partial charge in [-0.25, -0.2) is 9.18 Å². The fourth-order valence-electron chi connectivity index (χ4n) is 1.98. The van der Waals surface area contributed by atoms with Crippen LogP contribution in [-0.4, -0.2) is 32.1 Å². The number of urea groups is 1. The first-order chi connectivity index (χ1) is 12.0. The molecule has 0 saturated carbocycles. The normalized spacial score (nSPS) is 10.0. The summed E-state index contributed by atoms with van der Waals surface area (Å²) in [5.41, 5.74) is 0.467. The lowest BCUT2D eigenvalue weighted by atomic mass is 10.2. The summed E-state index contributed by atoms with van der Waals surface area (Å²) in [4.78, 5) is 23.7. The zero-order valence-corrected chi connectivity index (χ0v) is 14.2. The Morgan fingerprint density at radius 3 is 2.60 bits per heavy atom. The van der Waals surface area contributed by atoms with Gasteiger partial charge in [0.15, 0.2) is 0 Å². The summed E-state index contributed by atoms with van der Waals surface area (Å²) in [5.74, 6) is -0.339. The minimum absolute atomic E-state index is 0.0160. The van der Waals surface area contributed by atoms with E-state index in [0.29, 0.717) is 11.3 Å². The number of ether oxygens (including phenoxy) is 1. The number of carbonyl (C=O) groups is 2. The van der Waals surface area contributed by atoms with Crippen LogP contribution in [0.25, 0.3) is 0 Å². The molecule has 2 aromatic rings. The third-order valence-electron chi connectivity index (χ3n) is 3.21. The summed E-state index contributed by atoms with van der Waals surface area (Å²) in [7, 11) is 1.52. The smallest absolute Gasteiger partial charge is 0.319 e. The number of methoxy groups -OCH3 is 1. The summed E-state index contributed by atoms with van der Waals surface area (Å²) in [6.07, 6.45) is 0. The van der Waals surface area contributed by atoms with E-state index in [4.69, 9.17) is 16.3 Å². The maximum Gasteiger partial charge on any atom is 0.319 e. The number of rotatable bonds is 6. The topological polar surface area (TPSA) is 79.5 Å². The second-order valence-corrected chi connectivity index (χ2v) is 5.43. The third kappa shape index (κ3) is 5.65. The number of hydrogen-bond acceptors (Lipinski definition) is 3. The van der Waals surface area contributed by atoms with E-state index in [1.54, 1.807) is 24.3 Å². The maximum absolute atomic E-state index is 13.6. The average Bonchev–Trinajstić information content (AvgIpc) is 2.61. The van der Waals surface area contributed by atoms with Gasteiger partial charge >= 0.3 is 6.03 Å². The summed E-state index contributed by atoms with van der Waals surface area (Å²) in [5, 5.41) is 7.77. The lowest BCUT2D eigenvalue weighted by Crippen LogP contribution is -2.36. The van der Waals surface area contributed by atoms with Gasteiger partial charge in [-0.15, -0.1) is 0 Å². The quantitative estimate of drug-likeness (QED) is 0.688. The Bertz CT molecular complexity index is 771. The van der Waals surface area contributed by atoms with Gasteiger partial charge in [0, 0.05) is 23.7 Å². The number of hydrogen-bond donors (Lipinski definition) is 3. The molecule has 6 nitrogen and oxygen atoms in total. The molecule has 0 fully saturated rings. The molecule has 0 aromatic heterocycles. The van der Waals surface area contributed by atoms with Crippen LogP contribution < -0.4 is 20.7 Å². The van der Waals surface area contributed by atoms with Crippen molar-refractivity contribution in [2.45, 2.75) is 0 Å². The van der Waals surface area contributed by atoms with Crippen molar-refractivity contribution in [1.29, 1.82) is 0 Å². The van der Waals surface area contributed by atoms with Crippen molar-refractivity contribution in [2.24, 2.45) is 0 Å². The number of benzene rings is 2. The highest BCUT2D eigenvalue weighted by Crippen LogP contribution is 2.18. The second kappa shape index (κ2) is 8.89. The van der Waals surface area contributed by atoms with Crippen LogP contribution in [-0.2, 0) is 0 Å². The zero-order chi connectivity index (χ0) is 18.2. The molecular formula is C17H17ClFN3O3. The summed E-state index contributed by atoms with van der Waals surface area (Å²) in [6, 6.07) is 10.1. The molecular weight excluding hydrogens is 349 g/mol. The first-order valence-electron chi connectivity index (χ1n) is 7.42. The predicted molar refractivity (Wildman–Crippen MR) is 93.8 cm³/mol. The number of amides is 3. The van der Waals surface area contributed by atoms with Gasteiger partial charge < -0.3 is 20.7 Å². The van der Waals surface area contributed by atoms with Gasteiger partial charge in [-0.1, -0.05) is 17.7 Å². The molecule has 0 aliphatic rings. The molecule has 25 heavy (non-hydrogen) atoms. The van der Waals surface area contributed by atoms with E-state index in [9.17, 15) is 14.0 Å². The Hall–Kier alpha value is -2.80. The van der Waals surface area contributed by atoms with Crippen LogP contribution >= 0.6 is 11.6 Å². The van der Waals surface area contributed by atoms with E-state index < -0.39 is 11.8 Å². The highest BCUT2D eigenvalue weighted by atomic mass is 35.5. The van der Waals surface area contributed by atoms with Gasteiger partial charge in [0.25, 0.3) is 5.91 Å². The van der Waals surface area contributed by atoms with E-state index in [2.05, 4.69) is 16.0 Å². The summed E-state index contributed by atoms with van der Waals surface area (Å²) in [6.45, 7) is 0.392. The van der Waals surface area contributed by atoms with Gasteiger partial charge in [-0.3, -0.25) is 4.79 Å². The van der Waals surface area contributed by atoms with Crippen molar-refractivity contribution in [3.05, 3.63) is 58.9 Å². The van der Waals surface area contributed by atoms with Crippen LogP contribution in [0.3, 0.4) is 0 Å². The standard InChI is InChI=1S/C17H17ClFN3O3/c1-25-13-4-2-3-11(9-13)16(23)20-7-8-21-17(24)22-15-6-5-12(18)10-14(15)19/h2-6,9-10H,7-8H2,1H3,(H,20,23)(H2,21,22,24). The monoisotopic (exact) mass is 365 g/mol. The van der Waals surface area contributed by atoms with E-state index in [1.165, 1.54) is 19.2 Å². The molecule has 2 rings (SSSR count). The second-order valence-electron chi connectivity index (χ2n) is 4.99. The Balaban J connectivity index is 1.74. The Morgan fingerprint density at radius 1 is 1.12 bits per heavy atom. The molecule has 0 heterocycles. The van der Waals surface area contributed by atoms with Crippen molar-refractivity contribution in [3.63, 3.8) is 0 Å². The molecule has 0 saturated heterocycles. The van der Waals surface area contributed by atoms with Gasteiger partial charge in [-0.2, -0.15) is 0 Å². The Morgan fingerprint density at radius 2 is 1.88 bits per heavy atom. The Kier molecular flexibility index (Phi) is 6.59. The highest BCUT2D eigenvalue weighted by molar-refractivity contribution is 6.30. The minimum atomic E-state index is -0.631. The van der Waals surface area contributed by atoms with Crippen molar-refractivity contribution in [1.82, 2.24) is 10.6 Å². The zero-order valence-electron chi connectivity index (χ0n) is 13.4. The van der Waals surface area contributed by atoms with Crippen LogP contribution in [0.1, 0.15) is 10.4 Å². The van der Waals surface area contributed by atoms with Gasteiger partial charge in [0.2, 0.25) is 0 Å². The summed E-state index contributed by atoms with van der Waals surface area (Å²) >= 11 is 5.64. The highest BCUT2D eigenvalue weighted by Gasteiger charge is 2.08. The van der Waals surface area contributed by atoms with Gasteiger partial charge in [0.05, 0.1) is 12.8 Å².